The van der Waals surface area contributed by atoms with Crippen LogP contribution >= 0.6 is 24.0 Å². The summed E-state index contributed by atoms with van der Waals surface area (Å²) in [5, 5.41) is 6.67. The van der Waals surface area contributed by atoms with E-state index in [0.717, 1.165) is 77.0 Å². The van der Waals surface area contributed by atoms with Crippen LogP contribution in [0, 0.1) is 0 Å². The fraction of sp³-hybridized carbons (Fsp3) is 0.636. The average molecular weight is 529 g/mol. The summed E-state index contributed by atoms with van der Waals surface area (Å²) in [6.45, 7) is 10.9. The fourth-order valence-electron chi connectivity index (χ4n) is 3.88. The van der Waals surface area contributed by atoms with Gasteiger partial charge in [0.25, 0.3) is 0 Å². The highest BCUT2D eigenvalue weighted by Gasteiger charge is 2.23. The number of halogens is 1. The quantitative estimate of drug-likeness (QED) is 0.234. The summed E-state index contributed by atoms with van der Waals surface area (Å²) in [5.74, 6) is 1.03. The molecule has 7 nitrogen and oxygen atoms in total. The van der Waals surface area contributed by atoms with Crippen LogP contribution in [0.3, 0.4) is 0 Å². The maximum Gasteiger partial charge on any atom is 0.227 e. The van der Waals surface area contributed by atoms with Gasteiger partial charge in [-0.15, -0.1) is 24.0 Å². The summed E-state index contributed by atoms with van der Waals surface area (Å²) in [6.07, 6.45) is 2.30. The van der Waals surface area contributed by atoms with Crippen LogP contribution in [0.4, 0.5) is 5.69 Å². The van der Waals surface area contributed by atoms with Crippen molar-refractivity contribution in [2.45, 2.75) is 39.2 Å². The van der Waals surface area contributed by atoms with E-state index in [1.165, 1.54) is 5.56 Å². The summed E-state index contributed by atoms with van der Waals surface area (Å²) >= 11 is 0. The van der Waals surface area contributed by atoms with Crippen molar-refractivity contribution in [2.24, 2.45) is 4.99 Å². The third-order valence-electron chi connectivity index (χ3n) is 5.57. The molecule has 1 aromatic carbocycles. The molecule has 1 atom stereocenters. The number of hydrogen-bond donors (Lipinski definition) is 2. The minimum Gasteiger partial charge on any atom is -0.379 e. The second kappa shape index (κ2) is 13.1. The summed E-state index contributed by atoms with van der Waals surface area (Å²) in [4.78, 5) is 21.7. The van der Waals surface area contributed by atoms with E-state index >= 15 is 0 Å². The number of rotatable bonds is 8. The van der Waals surface area contributed by atoms with Gasteiger partial charge in [-0.25, -0.2) is 0 Å². The first-order valence-corrected chi connectivity index (χ1v) is 10.9. The van der Waals surface area contributed by atoms with Crippen molar-refractivity contribution < 1.29 is 9.53 Å². The van der Waals surface area contributed by atoms with Gasteiger partial charge in [-0.1, -0.05) is 18.2 Å². The minimum absolute atomic E-state index is 0. The first-order valence-electron chi connectivity index (χ1n) is 10.9. The van der Waals surface area contributed by atoms with Gasteiger partial charge in [0, 0.05) is 50.9 Å². The molecule has 0 saturated carbocycles. The van der Waals surface area contributed by atoms with Gasteiger partial charge < -0.3 is 20.3 Å². The Balaban J connectivity index is 0.00000320. The maximum absolute atomic E-state index is 12.6. The molecule has 8 heteroatoms. The van der Waals surface area contributed by atoms with Gasteiger partial charge in [0.05, 0.1) is 19.8 Å². The van der Waals surface area contributed by atoms with Crippen LogP contribution < -0.4 is 15.5 Å². The highest BCUT2D eigenvalue weighted by molar-refractivity contribution is 14.0. The third kappa shape index (κ3) is 7.09. The molecule has 2 aliphatic rings. The number of carbonyl (C=O) groups excluding carboxylic acids is 1. The van der Waals surface area contributed by atoms with E-state index in [2.05, 4.69) is 35.4 Å². The summed E-state index contributed by atoms with van der Waals surface area (Å²) < 4.78 is 5.42. The Bertz CT molecular complexity index is 694. The number of morpholine rings is 1. The van der Waals surface area contributed by atoms with E-state index < -0.39 is 0 Å². The highest BCUT2D eigenvalue weighted by Crippen LogP contribution is 2.27. The zero-order chi connectivity index (χ0) is 20.5. The molecule has 1 amide bonds. The number of ether oxygens (including phenoxy) is 1. The maximum atomic E-state index is 12.6. The van der Waals surface area contributed by atoms with E-state index in [1.807, 2.05) is 23.1 Å². The molecule has 0 aromatic heterocycles. The lowest BCUT2D eigenvalue weighted by Crippen LogP contribution is -2.44. The average Bonchev–Trinajstić information content (AvgIpc) is 3.19. The Morgan fingerprint density at radius 1 is 1.20 bits per heavy atom. The van der Waals surface area contributed by atoms with Gasteiger partial charge in [-0.05, 0) is 38.3 Å². The van der Waals surface area contributed by atoms with Gasteiger partial charge in [0.15, 0.2) is 5.96 Å². The molecule has 168 valence electrons. The third-order valence-corrected chi connectivity index (χ3v) is 5.57. The molecule has 2 aliphatic heterocycles. The molecule has 3 rings (SSSR count). The number of guanidine groups is 1. The van der Waals surface area contributed by atoms with Crippen molar-refractivity contribution in [3.8, 4) is 0 Å². The Kier molecular flexibility index (Phi) is 10.9. The predicted molar refractivity (Wildman–Crippen MR) is 133 cm³/mol. The molecule has 1 unspecified atom stereocenters. The first-order chi connectivity index (χ1) is 14.2. The Labute approximate surface area is 197 Å². The number of para-hydroxylation sites is 1. The number of hydrogen-bond acceptors (Lipinski definition) is 4. The Morgan fingerprint density at radius 3 is 2.73 bits per heavy atom. The minimum atomic E-state index is 0. The van der Waals surface area contributed by atoms with Crippen LogP contribution in [-0.4, -0.2) is 75.3 Å². The lowest BCUT2D eigenvalue weighted by molar-refractivity contribution is -0.118. The molecule has 30 heavy (non-hydrogen) atoms. The van der Waals surface area contributed by atoms with Crippen molar-refractivity contribution in [2.75, 3.05) is 57.4 Å². The van der Waals surface area contributed by atoms with Crippen molar-refractivity contribution in [3.05, 3.63) is 29.8 Å². The second-order valence-corrected chi connectivity index (χ2v) is 7.67. The molecule has 1 fully saturated rings. The summed E-state index contributed by atoms with van der Waals surface area (Å²) in [7, 11) is 0. The zero-order valence-corrected chi connectivity index (χ0v) is 20.6. The molecule has 2 N–H and O–H groups in total. The van der Waals surface area contributed by atoms with Crippen LogP contribution in [0.1, 0.15) is 32.3 Å². The van der Waals surface area contributed by atoms with Crippen LogP contribution in [0.15, 0.2) is 29.3 Å². The van der Waals surface area contributed by atoms with Crippen molar-refractivity contribution in [1.29, 1.82) is 0 Å². The number of carbonyl (C=O) groups is 1. The Morgan fingerprint density at radius 2 is 1.97 bits per heavy atom. The fourth-order valence-corrected chi connectivity index (χ4v) is 3.88. The highest BCUT2D eigenvalue weighted by atomic mass is 127. The number of aliphatic imine (C=N–C) groups is 1. The molecular weight excluding hydrogens is 493 g/mol. The largest absolute Gasteiger partial charge is 0.379 e. The van der Waals surface area contributed by atoms with Crippen LogP contribution in [0.5, 0.6) is 0 Å². The number of amides is 1. The van der Waals surface area contributed by atoms with E-state index in [0.29, 0.717) is 12.5 Å². The topological polar surface area (TPSA) is 69.2 Å². The lowest BCUT2D eigenvalue weighted by Gasteiger charge is -2.31. The summed E-state index contributed by atoms with van der Waals surface area (Å²) in [5.41, 5.74) is 2.35. The molecule has 0 aliphatic carbocycles. The van der Waals surface area contributed by atoms with Crippen molar-refractivity contribution >= 4 is 41.5 Å². The predicted octanol–water partition coefficient (Wildman–Crippen LogP) is 2.25. The van der Waals surface area contributed by atoms with E-state index in [-0.39, 0.29) is 29.9 Å². The molecule has 1 saturated heterocycles. The lowest BCUT2D eigenvalue weighted by atomic mass is 10.2. The number of nitrogens with zero attached hydrogens (tertiary/aromatic N) is 3. The number of nitrogens with one attached hydrogen (secondary N) is 2. The SMILES string of the molecule is CCNC(=NCC(C)N1CCOCC1)NCCCC(=O)N1CCc2ccccc21.I. The number of fused-ring (bicyclic) bond motifs is 1. The number of anilines is 1. The molecule has 2 heterocycles. The van der Waals surface area contributed by atoms with Gasteiger partial charge in [0.2, 0.25) is 5.91 Å². The first kappa shape index (κ1) is 24.9. The Hall–Kier alpha value is -1.39. The van der Waals surface area contributed by atoms with Crippen molar-refractivity contribution in [1.82, 2.24) is 15.5 Å². The summed E-state index contributed by atoms with van der Waals surface area (Å²) in [6, 6.07) is 8.60. The van der Waals surface area contributed by atoms with Gasteiger partial charge in [-0.3, -0.25) is 14.7 Å². The second-order valence-electron chi connectivity index (χ2n) is 7.67. The molecule has 0 bridgehead atoms. The monoisotopic (exact) mass is 529 g/mol. The smallest absolute Gasteiger partial charge is 0.227 e. The van der Waals surface area contributed by atoms with Crippen molar-refractivity contribution in [3.63, 3.8) is 0 Å². The molecule has 0 spiro atoms. The molecule has 0 radical (unpaired) electrons. The van der Waals surface area contributed by atoms with Crippen LogP contribution in [0.25, 0.3) is 0 Å². The normalized spacial score (nSPS) is 17.8. The number of benzene rings is 1. The van der Waals surface area contributed by atoms with Gasteiger partial charge in [-0.2, -0.15) is 0 Å². The zero-order valence-electron chi connectivity index (χ0n) is 18.2. The van der Waals surface area contributed by atoms with Crippen LogP contribution in [-0.2, 0) is 16.0 Å². The van der Waals surface area contributed by atoms with Gasteiger partial charge >= 0.3 is 0 Å². The standard InChI is InChI=1S/C22H35N5O2.HI/c1-3-23-22(25-17-18(2)26-13-15-29-16-14-26)24-11-6-9-21(28)27-12-10-19-7-4-5-8-20(19)27;/h4-5,7-8,18H,3,6,9-17H2,1-2H3,(H2,23,24,25);1H. The van der Waals surface area contributed by atoms with E-state index in [4.69, 9.17) is 9.73 Å². The van der Waals surface area contributed by atoms with Crippen LogP contribution in [0.2, 0.25) is 0 Å². The molecular formula is C22H36IN5O2. The van der Waals surface area contributed by atoms with Gasteiger partial charge in [0.1, 0.15) is 0 Å². The van der Waals surface area contributed by atoms with E-state index in [9.17, 15) is 4.79 Å². The van der Waals surface area contributed by atoms with E-state index in [1.54, 1.807) is 0 Å². The molecule has 1 aromatic rings.